The number of hydrogen-bond donors (Lipinski definition) is 3. The van der Waals surface area contributed by atoms with Crippen LogP contribution in [-0.4, -0.2) is 27.6 Å². The van der Waals surface area contributed by atoms with Crippen LogP contribution in [0.4, 0.5) is 5.82 Å². The van der Waals surface area contributed by atoms with Gasteiger partial charge in [-0.25, -0.2) is 9.97 Å². The van der Waals surface area contributed by atoms with Crippen LogP contribution >= 0.6 is 38.6 Å². The Morgan fingerprint density at radius 1 is 1.54 bits per heavy atom. The first-order chi connectivity index (χ1) is 12.5. The first-order valence-electron chi connectivity index (χ1n) is 7.48. The van der Waals surface area contributed by atoms with Crippen molar-refractivity contribution in [2.24, 2.45) is 5.73 Å². The van der Waals surface area contributed by atoms with E-state index in [1.807, 2.05) is 24.4 Å². The van der Waals surface area contributed by atoms with E-state index in [2.05, 4.69) is 37.3 Å². The van der Waals surface area contributed by atoms with Crippen molar-refractivity contribution < 1.29 is 9.90 Å². The molecule has 0 radical (unpaired) electrons. The van der Waals surface area contributed by atoms with Gasteiger partial charge in [-0.1, -0.05) is 6.07 Å². The molecule has 10 heteroatoms. The Balaban J connectivity index is 0.000000758. The Bertz CT molecular complexity index is 919. The molecule has 0 spiro atoms. The van der Waals surface area contributed by atoms with Gasteiger partial charge in [-0.3, -0.25) is 4.79 Å². The minimum atomic E-state index is -0.250. The molecule has 0 saturated carbocycles. The summed E-state index contributed by atoms with van der Waals surface area (Å²) >= 11 is 6.89. The fourth-order valence-corrected chi connectivity index (χ4v) is 4.88. The average Bonchev–Trinajstić information content (AvgIpc) is 3.22. The minimum Gasteiger partial charge on any atom is -0.483 e. The van der Waals surface area contributed by atoms with Crippen molar-refractivity contribution in [2.45, 2.75) is 25.9 Å². The lowest BCUT2D eigenvalue weighted by Crippen LogP contribution is -2.17. The third kappa shape index (κ3) is 4.98. The Morgan fingerprint density at radius 2 is 2.27 bits per heavy atom. The van der Waals surface area contributed by atoms with Crippen LogP contribution in [0.3, 0.4) is 0 Å². The van der Waals surface area contributed by atoms with E-state index in [0.29, 0.717) is 12.4 Å². The molecule has 0 aliphatic rings. The summed E-state index contributed by atoms with van der Waals surface area (Å²) in [4.78, 5) is 19.4. The number of nitrogens with zero attached hydrogens (tertiary/aromatic N) is 3. The van der Waals surface area contributed by atoms with Crippen LogP contribution in [0.15, 0.2) is 22.0 Å². The molecule has 0 aliphatic carbocycles. The second-order valence-electron chi connectivity index (χ2n) is 5.24. The first kappa shape index (κ1) is 20.3. The molecule has 3 rings (SSSR count). The summed E-state index contributed by atoms with van der Waals surface area (Å²) in [5.41, 5.74) is 6.68. The molecule has 0 aromatic carbocycles. The van der Waals surface area contributed by atoms with Gasteiger partial charge in [-0.15, -0.1) is 22.7 Å². The van der Waals surface area contributed by atoms with Crippen LogP contribution in [0.5, 0.6) is 0 Å². The summed E-state index contributed by atoms with van der Waals surface area (Å²) in [6, 6.07) is 6.17. The lowest BCUT2D eigenvalue weighted by Gasteiger charge is -2.05. The molecule has 1 atom stereocenters. The van der Waals surface area contributed by atoms with E-state index in [0.717, 1.165) is 26.0 Å². The molecule has 0 fully saturated rings. The highest BCUT2D eigenvalue weighted by atomic mass is 79.9. The molecule has 136 valence electrons. The summed E-state index contributed by atoms with van der Waals surface area (Å²) in [5.74, 6) is 0.860. The lowest BCUT2D eigenvalue weighted by molar-refractivity contribution is -0.122. The number of anilines is 1. The van der Waals surface area contributed by atoms with Crippen LogP contribution in [0.2, 0.25) is 0 Å². The van der Waals surface area contributed by atoms with E-state index in [1.54, 1.807) is 22.7 Å². The summed E-state index contributed by atoms with van der Waals surface area (Å²) in [6.07, 6.45) is 0.758. The van der Waals surface area contributed by atoms with Crippen LogP contribution in [0, 0.1) is 11.3 Å². The van der Waals surface area contributed by atoms with Crippen molar-refractivity contribution in [3.8, 4) is 6.07 Å². The molecule has 3 aromatic rings. The van der Waals surface area contributed by atoms with Crippen LogP contribution < -0.4 is 11.1 Å². The highest BCUT2D eigenvalue weighted by Crippen LogP contribution is 2.38. The number of halogens is 1. The summed E-state index contributed by atoms with van der Waals surface area (Å²) in [6.45, 7) is 2.39. The smallest absolute Gasteiger partial charge is 0.290 e. The molecular weight excluding hydrogens is 438 g/mol. The van der Waals surface area contributed by atoms with E-state index in [9.17, 15) is 5.26 Å². The van der Waals surface area contributed by atoms with Crippen LogP contribution in [0.1, 0.15) is 22.5 Å². The van der Waals surface area contributed by atoms with E-state index in [4.69, 9.17) is 15.6 Å². The topological polar surface area (TPSA) is 125 Å². The minimum absolute atomic E-state index is 0.0605. The molecule has 0 bridgehead atoms. The van der Waals surface area contributed by atoms with E-state index in [1.165, 1.54) is 4.88 Å². The third-order valence-electron chi connectivity index (χ3n) is 3.16. The molecule has 7 nitrogen and oxygen atoms in total. The Labute approximate surface area is 166 Å². The average molecular weight is 454 g/mol. The van der Waals surface area contributed by atoms with E-state index in [-0.39, 0.29) is 18.3 Å². The van der Waals surface area contributed by atoms with E-state index < -0.39 is 0 Å². The van der Waals surface area contributed by atoms with Crippen molar-refractivity contribution >= 4 is 61.1 Å². The number of nitrogens with one attached hydrogen (secondary N) is 1. The van der Waals surface area contributed by atoms with Gasteiger partial charge in [0.25, 0.3) is 6.47 Å². The zero-order valence-corrected chi connectivity index (χ0v) is 17.0. The Kier molecular flexibility index (Phi) is 7.47. The van der Waals surface area contributed by atoms with Gasteiger partial charge in [-0.2, -0.15) is 5.26 Å². The molecule has 0 saturated heterocycles. The zero-order valence-electron chi connectivity index (χ0n) is 13.8. The second kappa shape index (κ2) is 9.59. The number of thiophene rings is 2. The van der Waals surface area contributed by atoms with Gasteiger partial charge in [0.15, 0.2) is 0 Å². The number of nitrogens with two attached hydrogens (primary N) is 1. The molecule has 3 heterocycles. The monoisotopic (exact) mass is 453 g/mol. The second-order valence-corrected chi connectivity index (χ2v) is 8.17. The van der Waals surface area contributed by atoms with Gasteiger partial charge in [0.2, 0.25) is 5.82 Å². The molecule has 3 aromatic heterocycles. The Hall–Kier alpha value is -2.06. The number of hydrogen-bond acceptors (Lipinski definition) is 8. The maximum atomic E-state index is 9.18. The third-order valence-corrected chi connectivity index (χ3v) is 6.36. The van der Waals surface area contributed by atoms with Gasteiger partial charge in [0.1, 0.15) is 17.4 Å². The fourth-order valence-electron chi connectivity index (χ4n) is 2.17. The molecule has 0 unspecified atom stereocenters. The molecule has 0 aliphatic heterocycles. The Morgan fingerprint density at radius 3 is 2.85 bits per heavy atom. The van der Waals surface area contributed by atoms with Crippen molar-refractivity contribution in [1.82, 2.24) is 9.97 Å². The molecular formula is C16H16BrN5O2S2. The van der Waals surface area contributed by atoms with Gasteiger partial charge in [0, 0.05) is 15.8 Å². The zero-order chi connectivity index (χ0) is 19.1. The lowest BCUT2D eigenvalue weighted by atomic mass is 10.2. The predicted octanol–water partition coefficient (Wildman–Crippen LogP) is 3.59. The first-order valence-corrected chi connectivity index (χ1v) is 9.97. The summed E-state index contributed by atoms with van der Waals surface area (Å²) in [5, 5.41) is 21.4. The molecule has 26 heavy (non-hydrogen) atoms. The van der Waals surface area contributed by atoms with Crippen molar-refractivity contribution in [1.29, 1.82) is 5.26 Å². The molecule has 0 amide bonds. The predicted molar refractivity (Wildman–Crippen MR) is 108 cm³/mol. The summed E-state index contributed by atoms with van der Waals surface area (Å²) < 4.78 is 1.86. The van der Waals surface area contributed by atoms with E-state index >= 15 is 0 Å². The van der Waals surface area contributed by atoms with Crippen molar-refractivity contribution in [3.63, 3.8) is 0 Å². The number of fused-ring (bicyclic) bond motifs is 1. The van der Waals surface area contributed by atoms with Gasteiger partial charge in [0.05, 0.1) is 15.7 Å². The standard InChI is InChI=1S/C15H14BrN5S2.CH2O2/c1-8(18)5-10-12(16)13-14(23-10)15(21-11(6-17)20-13)19-7-9-3-2-4-22-9;2-1-3/h2-4,8H,5,7,18H2,1H3,(H,19,20,21);1H,(H,2,3)/t8-;/m0./s1. The largest absolute Gasteiger partial charge is 0.483 e. The highest BCUT2D eigenvalue weighted by Gasteiger charge is 2.18. The quantitative estimate of drug-likeness (QED) is 0.503. The number of aromatic nitrogens is 2. The summed E-state index contributed by atoms with van der Waals surface area (Å²) in [7, 11) is 0. The number of rotatable bonds is 5. The van der Waals surface area contributed by atoms with Gasteiger partial charge >= 0.3 is 0 Å². The van der Waals surface area contributed by atoms with Crippen LogP contribution in [0.25, 0.3) is 10.2 Å². The maximum Gasteiger partial charge on any atom is 0.290 e. The van der Waals surface area contributed by atoms with Crippen molar-refractivity contribution in [2.75, 3.05) is 5.32 Å². The van der Waals surface area contributed by atoms with Crippen molar-refractivity contribution in [3.05, 3.63) is 37.6 Å². The highest BCUT2D eigenvalue weighted by molar-refractivity contribution is 9.10. The number of carboxylic acid groups (broad SMARTS) is 1. The van der Waals surface area contributed by atoms with Gasteiger partial charge < -0.3 is 16.2 Å². The maximum absolute atomic E-state index is 9.18. The van der Waals surface area contributed by atoms with Crippen LogP contribution in [-0.2, 0) is 17.8 Å². The normalized spacial score (nSPS) is 11.3. The van der Waals surface area contributed by atoms with Gasteiger partial charge in [-0.05, 0) is 40.7 Å². The number of nitriles is 1. The number of carbonyl (C=O) groups is 1. The SMILES string of the molecule is C[C@H](N)Cc1sc2c(NCc3cccs3)nc(C#N)nc2c1Br.O=CO. The molecule has 4 N–H and O–H groups in total. The fraction of sp³-hybridized carbons (Fsp3) is 0.250.